The van der Waals surface area contributed by atoms with Gasteiger partial charge in [-0.1, -0.05) is 82.5 Å². The Morgan fingerprint density at radius 3 is 2.25 bits per heavy atom. The number of carbonyl (C=O) groups excluding carboxylic acids is 1. The highest BCUT2D eigenvalue weighted by Crippen LogP contribution is 2.53. The number of hydrogen-bond acceptors (Lipinski definition) is 6. The van der Waals surface area contributed by atoms with E-state index in [4.69, 9.17) is 14.0 Å². The van der Waals surface area contributed by atoms with Crippen LogP contribution >= 0.6 is 0 Å². The minimum Gasteiger partial charge on any atom is -0.497 e. The van der Waals surface area contributed by atoms with Crippen molar-refractivity contribution >= 4 is 24.2 Å². The van der Waals surface area contributed by atoms with Crippen molar-refractivity contribution in [1.29, 1.82) is 0 Å². The van der Waals surface area contributed by atoms with Crippen molar-refractivity contribution in [2.45, 2.75) is 121 Å². The van der Waals surface area contributed by atoms with Gasteiger partial charge in [-0.05, 0) is 104 Å². The van der Waals surface area contributed by atoms with Gasteiger partial charge in [0, 0.05) is 25.1 Å². The molecule has 52 heavy (non-hydrogen) atoms. The lowest BCUT2D eigenvalue weighted by atomic mass is 9.59. The number of ether oxygens (including phenoxy) is 1. The van der Waals surface area contributed by atoms with Crippen molar-refractivity contribution < 1.29 is 27.2 Å². The third-order valence-electron chi connectivity index (χ3n) is 11.7. The van der Waals surface area contributed by atoms with E-state index < -0.39 is 18.3 Å². The van der Waals surface area contributed by atoms with Gasteiger partial charge in [0.05, 0.1) is 18.6 Å². The highest BCUT2D eigenvalue weighted by Gasteiger charge is 2.56. The molecule has 10 heteroatoms. The van der Waals surface area contributed by atoms with Crippen LogP contribution in [-0.4, -0.2) is 64.9 Å². The molecule has 1 heterocycles. The number of benzene rings is 2. The summed E-state index contributed by atoms with van der Waals surface area (Å²) in [4.78, 5) is 21.2. The van der Waals surface area contributed by atoms with Crippen LogP contribution < -0.4 is 4.74 Å². The lowest BCUT2D eigenvalue weighted by Crippen LogP contribution is -2.61. The molecule has 0 aromatic heterocycles. The van der Waals surface area contributed by atoms with Gasteiger partial charge >= 0.3 is 0 Å². The van der Waals surface area contributed by atoms with Gasteiger partial charge in [-0.15, -0.1) is 13.2 Å². The summed E-state index contributed by atoms with van der Waals surface area (Å²) in [5.74, 6) is 0.250. The standard InChI is InChI=1S/C42H64N2O6SSi/c1-9-11-13-14-15-19-27-42-30-38(40(45)44(33-42)49-32-34-22-24-35(48-6)25-23-34)37(39(31-42)50-52(7,8)41(3,4)5)26-29-43(28-12-10-2)51(46,47)36-20-17-16-18-21-36/h9-10,16-18,20-25,37-39H,1-2,11-15,19,26-33H2,3-8H3/t37-,38+,39?,42+/m1/s1. The molecule has 2 aromatic carbocycles. The fourth-order valence-corrected chi connectivity index (χ4v) is 10.5. The SMILES string of the molecule is C=CCCCCCC[C@@]12CC(O[Si](C)(C)C(C)(C)C)[C@H](CCN(CCC=C)S(=O)(=O)c3ccccc3)[C@H](C1)C(=O)N(OCc1ccc(OC)cc1)C2. The Kier molecular flexibility index (Phi) is 15.0. The first-order valence-corrected chi connectivity index (χ1v) is 23.5. The average molecular weight is 753 g/mol. The van der Waals surface area contributed by atoms with E-state index in [1.807, 2.05) is 36.4 Å². The first-order chi connectivity index (χ1) is 24.7. The normalized spacial score (nSPS) is 22.4. The fourth-order valence-electron chi connectivity index (χ4n) is 7.61. The van der Waals surface area contributed by atoms with Crippen molar-refractivity contribution in [2.75, 3.05) is 26.7 Å². The molecule has 4 atom stereocenters. The molecule has 8 nitrogen and oxygen atoms in total. The van der Waals surface area contributed by atoms with Crippen LogP contribution in [0.1, 0.15) is 90.5 Å². The monoisotopic (exact) mass is 752 g/mol. The van der Waals surface area contributed by atoms with Crippen LogP contribution in [0.5, 0.6) is 5.75 Å². The first kappa shape index (κ1) is 42.0. The Morgan fingerprint density at radius 1 is 0.942 bits per heavy atom. The number of carbonyl (C=O) groups is 1. The Morgan fingerprint density at radius 2 is 1.62 bits per heavy atom. The van der Waals surface area contributed by atoms with Crippen molar-refractivity contribution in [3.05, 3.63) is 85.5 Å². The molecule has 288 valence electrons. The maximum Gasteiger partial charge on any atom is 0.249 e. The third-order valence-corrected chi connectivity index (χ3v) is 18.1. The van der Waals surface area contributed by atoms with Gasteiger partial charge in [-0.25, -0.2) is 13.5 Å². The largest absolute Gasteiger partial charge is 0.497 e. The van der Waals surface area contributed by atoms with Crippen LogP contribution in [0, 0.1) is 17.3 Å². The summed E-state index contributed by atoms with van der Waals surface area (Å²) in [6.07, 6.45) is 12.7. The molecular formula is C42H64N2O6SSi. The minimum absolute atomic E-state index is 0.0211. The number of hydrogen-bond donors (Lipinski definition) is 0. The lowest BCUT2D eigenvalue weighted by molar-refractivity contribution is -0.232. The van der Waals surface area contributed by atoms with Gasteiger partial charge in [0.2, 0.25) is 15.9 Å². The molecule has 1 unspecified atom stereocenters. The van der Waals surface area contributed by atoms with E-state index >= 15 is 0 Å². The van der Waals surface area contributed by atoms with Crippen LogP contribution in [0.4, 0.5) is 0 Å². The van der Waals surface area contributed by atoms with Crippen molar-refractivity contribution in [2.24, 2.45) is 17.3 Å². The fraction of sp³-hybridized carbons (Fsp3) is 0.595. The lowest BCUT2D eigenvalue weighted by Gasteiger charge is -2.56. The Hall–Kier alpha value is -2.76. The molecule has 2 aliphatic rings. The van der Waals surface area contributed by atoms with Crippen LogP contribution in [0.2, 0.25) is 18.1 Å². The molecule has 2 fully saturated rings. The molecule has 1 saturated heterocycles. The van der Waals surface area contributed by atoms with E-state index in [-0.39, 0.29) is 45.8 Å². The molecule has 2 bridgehead atoms. The summed E-state index contributed by atoms with van der Waals surface area (Å²) in [5, 5.41) is 1.62. The second-order valence-corrected chi connectivity index (χ2v) is 23.1. The molecular weight excluding hydrogens is 689 g/mol. The second kappa shape index (κ2) is 18.5. The smallest absolute Gasteiger partial charge is 0.249 e. The quantitative estimate of drug-likeness (QED) is 0.0718. The summed E-state index contributed by atoms with van der Waals surface area (Å²) < 4.78 is 42.2. The van der Waals surface area contributed by atoms with Crippen molar-refractivity contribution in [3.63, 3.8) is 0 Å². The number of nitrogens with zero attached hydrogens (tertiary/aromatic N) is 2. The van der Waals surface area contributed by atoms with Crippen molar-refractivity contribution in [3.8, 4) is 5.75 Å². The Labute approximate surface area is 315 Å². The molecule has 4 rings (SSSR count). The summed E-state index contributed by atoms with van der Waals surface area (Å²) in [5.41, 5.74) is 0.805. The summed E-state index contributed by atoms with van der Waals surface area (Å²) in [6, 6.07) is 16.4. The highest BCUT2D eigenvalue weighted by atomic mass is 32.2. The van der Waals surface area contributed by atoms with Gasteiger partial charge < -0.3 is 9.16 Å². The van der Waals surface area contributed by atoms with Crippen LogP contribution in [-0.2, 0) is 30.7 Å². The minimum atomic E-state index is -3.76. The van der Waals surface area contributed by atoms with Crippen LogP contribution in [0.15, 0.2) is 84.8 Å². The molecule has 1 saturated carbocycles. The first-order valence-electron chi connectivity index (χ1n) is 19.2. The maximum absolute atomic E-state index is 14.6. The molecule has 1 aliphatic carbocycles. The zero-order chi connectivity index (χ0) is 38.0. The number of rotatable bonds is 21. The summed E-state index contributed by atoms with van der Waals surface area (Å²) in [6.45, 7) is 20.5. The summed E-state index contributed by atoms with van der Waals surface area (Å²) in [7, 11) is -4.37. The Bertz CT molecular complexity index is 1560. The molecule has 0 N–H and O–H groups in total. The van der Waals surface area contributed by atoms with E-state index in [0.29, 0.717) is 32.5 Å². The van der Waals surface area contributed by atoms with Gasteiger partial charge in [-0.2, -0.15) is 4.31 Å². The second-order valence-electron chi connectivity index (χ2n) is 16.4. The van der Waals surface area contributed by atoms with Gasteiger partial charge in [0.1, 0.15) is 12.4 Å². The number of sulfonamides is 1. The highest BCUT2D eigenvalue weighted by molar-refractivity contribution is 7.89. The van der Waals surface area contributed by atoms with Gasteiger partial charge in [-0.3, -0.25) is 9.63 Å². The van der Waals surface area contributed by atoms with E-state index in [0.717, 1.165) is 62.7 Å². The van der Waals surface area contributed by atoms with Crippen LogP contribution in [0.3, 0.4) is 0 Å². The van der Waals surface area contributed by atoms with E-state index in [9.17, 15) is 13.2 Å². The number of allylic oxidation sites excluding steroid dienone is 1. The zero-order valence-electron chi connectivity index (χ0n) is 32.6. The molecule has 0 spiro atoms. The predicted molar refractivity (Wildman–Crippen MR) is 213 cm³/mol. The molecule has 2 aromatic rings. The van der Waals surface area contributed by atoms with Crippen LogP contribution in [0.25, 0.3) is 0 Å². The zero-order valence-corrected chi connectivity index (χ0v) is 34.5. The topological polar surface area (TPSA) is 85.4 Å². The maximum atomic E-state index is 14.6. The van der Waals surface area contributed by atoms with Gasteiger partial charge in [0.25, 0.3) is 0 Å². The van der Waals surface area contributed by atoms with E-state index in [2.05, 4.69) is 47.0 Å². The number of fused-ring (bicyclic) bond motifs is 2. The van der Waals surface area contributed by atoms with E-state index in [1.54, 1.807) is 46.8 Å². The van der Waals surface area contributed by atoms with Gasteiger partial charge in [0.15, 0.2) is 8.32 Å². The van der Waals surface area contributed by atoms with E-state index in [1.165, 1.54) is 0 Å². The number of methoxy groups -OCH3 is 1. The number of piperidine rings is 1. The number of amides is 1. The average Bonchev–Trinajstić information content (AvgIpc) is 3.11. The summed E-state index contributed by atoms with van der Waals surface area (Å²) >= 11 is 0. The van der Waals surface area contributed by atoms with Crippen molar-refractivity contribution in [1.82, 2.24) is 9.37 Å². The molecule has 1 aliphatic heterocycles. The third kappa shape index (κ3) is 10.7. The predicted octanol–water partition coefficient (Wildman–Crippen LogP) is 9.56. The number of hydroxylamine groups is 2. The molecule has 0 radical (unpaired) electrons. The number of unbranched alkanes of at least 4 members (excludes halogenated alkanes) is 4. The molecule has 1 amide bonds. The Balaban J connectivity index is 1.67.